The van der Waals surface area contributed by atoms with Crippen molar-refractivity contribution in [1.82, 2.24) is 0 Å². The molecule has 72 valence electrons. The lowest BCUT2D eigenvalue weighted by Gasteiger charge is -1.99. The Bertz CT molecular complexity index is 120. The van der Waals surface area contributed by atoms with Crippen LogP contribution in [0.2, 0.25) is 0 Å². The minimum Gasteiger partial charge on any atom is -0.186 e. The molecular formula is C8H18NO3+. The molecule has 4 nitrogen and oxygen atoms in total. The van der Waals surface area contributed by atoms with Gasteiger partial charge in [-0.25, -0.2) is 0 Å². The predicted molar refractivity (Wildman–Crippen MR) is 45.2 cm³/mol. The van der Waals surface area contributed by atoms with Gasteiger partial charge in [-0.2, -0.15) is 9.68 Å². The summed E-state index contributed by atoms with van der Waals surface area (Å²) in [6.07, 6.45) is 0. The van der Waals surface area contributed by atoms with Crippen molar-refractivity contribution in [2.75, 3.05) is 13.2 Å². The molecule has 0 rings (SSSR count). The molecule has 0 saturated carbocycles. The van der Waals surface area contributed by atoms with Crippen LogP contribution in [0, 0.1) is 16.7 Å². The van der Waals surface area contributed by atoms with Crippen LogP contribution in [0.15, 0.2) is 0 Å². The van der Waals surface area contributed by atoms with Gasteiger partial charge in [-0.15, -0.1) is 0 Å². The number of hydrogen-bond acceptors (Lipinski definition) is 3. The maximum Gasteiger partial charge on any atom is 0.477 e. The van der Waals surface area contributed by atoms with Gasteiger partial charge in [0, 0.05) is 0 Å². The molecule has 0 unspecified atom stereocenters. The summed E-state index contributed by atoms with van der Waals surface area (Å²) >= 11 is 0. The highest BCUT2D eigenvalue weighted by atomic mass is 17.0. The fourth-order valence-corrected chi connectivity index (χ4v) is 0.457. The molecule has 0 radical (unpaired) electrons. The third-order valence-electron chi connectivity index (χ3n) is 1.03. The molecule has 0 heterocycles. The average molecular weight is 176 g/mol. The maximum atomic E-state index is 10.7. The first-order valence-corrected chi connectivity index (χ1v) is 4.25. The van der Waals surface area contributed by atoms with E-state index in [-0.39, 0.29) is 5.09 Å². The molecule has 0 aliphatic rings. The van der Waals surface area contributed by atoms with Gasteiger partial charge in [0.15, 0.2) is 13.2 Å². The monoisotopic (exact) mass is 176 g/mol. The van der Waals surface area contributed by atoms with E-state index in [0.29, 0.717) is 25.0 Å². The van der Waals surface area contributed by atoms with Crippen LogP contribution in [0.25, 0.3) is 0 Å². The van der Waals surface area contributed by atoms with Gasteiger partial charge in [0.25, 0.3) is 0 Å². The molecule has 0 aromatic carbocycles. The normalized spacial score (nSPS) is 10.5. The van der Waals surface area contributed by atoms with Crippen LogP contribution in [-0.2, 0) is 9.68 Å². The molecular weight excluding hydrogens is 158 g/mol. The van der Waals surface area contributed by atoms with Gasteiger partial charge in [-0.1, -0.05) is 27.7 Å². The maximum absolute atomic E-state index is 10.7. The topological polar surface area (TPSA) is 38.5 Å². The minimum absolute atomic E-state index is 0.194. The van der Waals surface area contributed by atoms with Gasteiger partial charge in [0.05, 0.1) is 0 Å². The first kappa shape index (κ1) is 11.2. The lowest BCUT2D eigenvalue weighted by Crippen LogP contribution is -2.16. The third-order valence-corrected chi connectivity index (χ3v) is 1.03. The highest BCUT2D eigenvalue weighted by Gasteiger charge is 2.13. The van der Waals surface area contributed by atoms with E-state index < -0.39 is 0 Å². The molecule has 0 bridgehead atoms. The highest BCUT2D eigenvalue weighted by Crippen LogP contribution is 1.96. The summed E-state index contributed by atoms with van der Waals surface area (Å²) in [5.41, 5.74) is 0. The highest BCUT2D eigenvalue weighted by molar-refractivity contribution is 4.35. The van der Waals surface area contributed by atoms with E-state index in [1.807, 2.05) is 27.7 Å². The zero-order valence-electron chi connectivity index (χ0n) is 8.24. The largest absolute Gasteiger partial charge is 0.477 e. The minimum atomic E-state index is 0.194. The van der Waals surface area contributed by atoms with E-state index in [1.54, 1.807) is 0 Å². The van der Waals surface area contributed by atoms with Crippen LogP contribution in [-0.4, -0.2) is 18.3 Å². The molecule has 12 heavy (non-hydrogen) atoms. The van der Waals surface area contributed by atoms with Gasteiger partial charge in [0.1, 0.15) is 4.91 Å². The van der Waals surface area contributed by atoms with Crippen molar-refractivity contribution >= 4 is 0 Å². The first-order valence-electron chi connectivity index (χ1n) is 4.25. The van der Waals surface area contributed by atoms with E-state index in [2.05, 4.69) is 0 Å². The van der Waals surface area contributed by atoms with Crippen molar-refractivity contribution in [2.24, 2.45) is 11.8 Å². The summed E-state index contributed by atoms with van der Waals surface area (Å²) in [5.74, 6) is 0.674. The van der Waals surface area contributed by atoms with E-state index in [4.69, 9.17) is 9.68 Å². The summed E-state index contributed by atoms with van der Waals surface area (Å²) in [4.78, 5) is 20.1. The molecule has 0 aliphatic heterocycles. The fraction of sp³-hybridized carbons (Fsp3) is 1.00. The van der Waals surface area contributed by atoms with Crippen LogP contribution in [0.4, 0.5) is 0 Å². The lowest BCUT2D eigenvalue weighted by molar-refractivity contribution is -0.982. The number of nitrogens with zero attached hydrogens (tertiary/aromatic N) is 1. The van der Waals surface area contributed by atoms with E-state index >= 15 is 0 Å². The molecule has 4 heteroatoms. The van der Waals surface area contributed by atoms with Gasteiger partial charge in [-0.05, 0) is 11.8 Å². The second-order valence-electron chi connectivity index (χ2n) is 3.60. The van der Waals surface area contributed by atoms with Crippen LogP contribution in [0.1, 0.15) is 27.7 Å². The first-order chi connectivity index (χ1) is 5.52. The van der Waals surface area contributed by atoms with Gasteiger partial charge in [-0.3, -0.25) is 0 Å². The Labute approximate surface area is 73.3 Å². The van der Waals surface area contributed by atoms with Crippen molar-refractivity contribution < 1.29 is 14.8 Å². The Morgan fingerprint density at radius 3 is 1.58 bits per heavy atom. The summed E-state index contributed by atoms with van der Waals surface area (Å²) in [5, 5.41) is 0.194. The molecule has 0 aliphatic carbocycles. The molecule has 0 fully saturated rings. The SMILES string of the molecule is CC(C)CO[N+](=O)OCC(C)C. The van der Waals surface area contributed by atoms with E-state index in [0.717, 1.165) is 0 Å². The molecule has 0 saturated heterocycles. The Morgan fingerprint density at radius 1 is 1.00 bits per heavy atom. The zero-order valence-corrected chi connectivity index (χ0v) is 8.24. The summed E-state index contributed by atoms with van der Waals surface area (Å²) in [6.45, 7) is 8.66. The smallest absolute Gasteiger partial charge is 0.186 e. The van der Waals surface area contributed by atoms with Crippen LogP contribution < -0.4 is 0 Å². The standard InChI is InChI=1S/C8H18NO3/c1-7(2)5-11-9(10)12-6-8(3)4/h7-8H,5-6H2,1-4H3/q+1. The van der Waals surface area contributed by atoms with Crippen molar-refractivity contribution in [3.63, 3.8) is 0 Å². The quantitative estimate of drug-likeness (QED) is 0.580. The van der Waals surface area contributed by atoms with Gasteiger partial charge in [0.2, 0.25) is 0 Å². The van der Waals surface area contributed by atoms with Gasteiger partial charge < -0.3 is 0 Å². The second kappa shape index (κ2) is 5.80. The molecule has 0 spiro atoms. The third kappa shape index (κ3) is 7.31. The van der Waals surface area contributed by atoms with Crippen LogP contribution >= 0.6 is 0 Å². The Balaban J connectivity index is 3.34. The average Bonchev–Trinajstić information content (AvgIpc) is 1.96. The molecule has 0 aromatic rings. The fourth-order valence-electron chi connectivity index (χ4n) is 0.457. The lowest BCUT2D eigenvalue weighted by atomic mass is 10.2. The Kier molecular flexibility index (Phi) is 5.41. The zero-order chi connectivity index (χ0) is 9.56. The molecule has 0 aromatic heterocycles. The van der Waals surface area contributed by atoms with E-state index in [1.165, 1.54) is 0 Å². The summed E-state index contributed by atoms with van der Waals surface area (Å²) in [7, 11) is 0. The number of rotatable bonds is 6. The summed E-state index contributed by atoms with van der Waals surface area (Å²) < 4.78 is 0. The molecule has 0 atom stereocenters. The Hall–Kier alpha value is -0.800. The second-order valence-corrected chi connectivity index (χ2v) is 3.60. The van der Waals surface area contributed by atoms with Crippen molar-refractivity contribution in [1.29, 1.82) is 0 Å². The van der Waals surface area contributed by atoms with Crippen molar-refractivity contribution in [3.8, 4) is 0 Å². The van der Waals surface area contributed by atoms with E-state index in [9.17, 15) is 4.91 Å². The van der Waals surface area contributed by atoms with Crippen LogP contribution in [0.3, 0.4) is 0 Å². The predicted octanol–water partition coefficient (Wildman–Crippen LogP) is 1.94. The molecule has 0 N–H and O–H groups in total. The van der Waals surface area contributed by atoms with Crippen LogP contribution in [0.5, 0.6) is 0 Å². The van der Waals surface area contributed by atoms with Crippen molar-refractivity contribution in [2.45, 2.75) is 27.7 Å². The molecule has 0 amide bonds. The number of hydrogen-bond donors (Lipinski definition) is 0. The van der Waals surface area contributed by atoms with Crippen molar-refractivity contribution in [3.05, 3.63) is 4.91 Å². The summed E-state index contributed by atoms with van der Waals surface area (Å²) in [6, 6.07) is 0. The van der Waals surface area contributed by atoms with Gasteiger partial charge >= 0.3 is 5.09 Å². The Morgan fingerprint density at radius 2 is 1.33 bits per heavy atom.